The summed E-state index contributed by atoms with van der Waals surface area (Å²) in [6.45, 7) is 4.33. The predicted octanol–water partition coefficient (Wildman–Crippen LogP) is 6.24. The third kappa shape index (κ3) is 3.00. The van der Waals surface area contributed by atoms with Gasteiger partial charge in [0.15, 0.2) is 0 Å². The van der Waals surface area contributed by atoms with E-state index in [0.29, 0.717) is 6.04 Å². The molecule has 1 atom stereocenters. The van der Waals surface area contributed by atoms with E-state index in [1.165, 1.54) is 37.6 Å². The van der Waals surface area contributed by atoms with Gasteiger partial charge >= 0.3 is 0 Å². The molecule has 0 bridgehead atoms. The average molecular weight is 370 g/mol. The van der Waals surface area contributed by atoms with Gasteiger partial charge in [0, 0.05) is 10.5 Å². The molecule has 3 rings (SSSR count). The molecule has 1 saturated carbocycles. The zero-order valence-corrected chi connectivity index (χ0v) is 15.0. The number of hydrogen-bond donors (Lipinski definition) is 0. The molecule has 0 saturated heterocycles. The van der Waals surface area contributed by atoms with E-state index in [4.69, 9.17) is 16.6 Å². The molecular weight excluding hydrogens is 348 g/mol. The summed E-state index contributed by atoms with van der Waals surface area (Å²) in [5.74, 6) is 1.92. The maximum absolute atomic E-state index is 6.40. The van der Waals surface area contributed by atoms with Crippen molar-refractivity contribution in [1.82, 2.24) is 9.55 Å². The minimum atomic E-state index is -0.0555. The first-order valence-corrected chi connectivity index (χ1v) is 9.14. The van der Waals surface area contributed by atoms with Crippen LogP contribution in [-0.4, -0.2) is 9.55 Å². The molecule has 1 heterocycles. The molecule has 0 N–H and O–H groups in total. The van der Waals surface area contributed by atoms with E-state index in [0.717, 1.165) is 21.7 Å². The number of imidazole rings is 1. The Morgan fingerprint density at radius 2 is 2.05 bits per heavy atom. The monoisotopic (exact) mass is 368 g/mol. The molecule has 0 radical (unpaired) electrons. The van der Waals surface area contributed by atoms with Gasteiger partial charge in [0.05, 0.1) is 16.4 Å². The van der Waals surface area contributed by atoms with Crippen LogP contribution < -0.4 is 0 Å². The lowest BCUT2D eigenvalue weighted by Crippen LogP contribution is -2.19. The summed E-state index contributed by atoms with van der Waals surface area (Å²) in [7, 11) is 0. The van der Waals surface area contributed by atoms with Crippen molar-refractivity contribution in [2.75, 3.05) is 0 Å². The van der Waals surface area contributed by atoms with E-state index in [9.17, 15) is 0 Å². The summed E-state index contributed by atoms with van der Waals surface area (Å²) in [5.41, 5.74) is 2.27. The number of halogens is 2. The topological polar surface area (TPSA) is 17.8 Å². The minimum absolute atomic E-state index is 0.0555. The molecule has 1 aromatic carbocycles. The van der Waals surface area contributed by atoms with E-state index < -0.39 is 0 Å². The van der Waals surface area contributed by atoms with Crippen LogP contribution in [-0.2, 0) is 0 Å². The molecule has 1 aliphatic rings. The Labute approximate surface area is 140 Å². The molecule has 2 nitrogen and oxygen atoms in total. The van der Waals surface area contributed by atoms with Crippen LogP contribution in [0.3, 0.4) is 0 Å². The molecule has 114 valence electrons. The fourth-order valence-corrected chi connectivity index (χ4v) is 4.07. The van der Waals surface area contributed by atoms with E-state index in [1.807, 2.05) is 6.92 Å². The first-order chi connectivity index (χ1) is 10.1. The molecule has 0 spiro atoms. The minimum Gasteiger partial charge on any atom is -0.324 e. The quantitative estimate of drug-likeness (QED) is 0.585. The number of fused-ring (bicyclic) bond motifs is 1. The molecule has 1 aromatic heterocycles. The smallest absolute Gasteiger partial charge is 0.127 e. The summed E-state index contributed by atoms with van der Waals surface area (Å²) < 4.78 is 3.48. The fraction of sp³-hybridized carbons (Fsp3) is 0.588. The van der Waals surface area contributed by atoms with Crippen LogP contribution in [0.25, 0.3) is 11.0 Å². The van der Waals surface area contributed by atoms with Crippen LogP contribution in [0.2, 0.25) is 0 Å². The van der Waals surface area contributed by atoms with Gasteiger partial charge in [0.25, 0.3) is 0 Å². The lowest BCUT2D eigenvalue weighted by atomic mass is 9.84. The first-order valence-electron chi connectivity index (χ1n) is 7.91. The fourth-order valence-electron chi connectivity index (χ4n) is 3.57. The molecule has 0 amide bonds. The van der Waals surface area contributed by atoms with Crippen LogP contribution >= 0.6 is 27.5 Å². The van der Waals surface area contributed by atoms with Crippen molar-refractivity contribution in [1.29, 1.82) is 0 Å². The molecule has 1 fully saturated rings. The maximum atomic E-state index is 6.40. The summed E-state index contributed by atoms with van der Waals surface area (Å²) in [6, 6.07) is 6.91. The molecule has 2 aromatic rings. The van der Waals surface area contributed by atoms with Crippen molar-refractivity contribution in [2.45, 2.75) is 57.4 Å². The maximum Gasteiger partial charge on any atom is 0.127 e. The molecule has 0 aliphatic heterocycles. The van der Waals surface area contributed by atoms with Gasteiger partial charge in [-0.05, 0) is 56.7 Å². The number of rotatable bonds is 3. The van der Waals surface area contributed by atoms with Gasteiger partial charge in [-0.15, -0.1) is 11.6 Å². The molecule has 4 heteroatoms. The van der Waals surface area contributed by atoms with Gasteiger partial charge in [0.1, 0.15) is 5.82 Å². The largest absolute Gasteiger partial charge is 0.324 e. The van der Waals surface area contributed by atoms with E-state index in [2.05, 4.69) is 45.6 Å². The number of aromatic nitrogens is 2. The highest BCUT2D eigenvalue weighted by molar-refractivity contribution is 9.10. The lowest BCUT2D eigenvalue weighted by molar-refractivity contribution is 0.269. The van der Waals surface area contributed by atoms with Crippen LogP contribution in [0, 0.1) is 5.92 Å². The van der Waals surface area contributed by atoms with Crippen LogP contribution in [0.1, 0.15) is 63.2 Å². The standard InChI is InChI=1S/C17H22BrClN2/c1-3-12-4-7-14(8-5-12)21-16-9-6-13(18)10-15(16)20-17(21)11(2)19/h6,9-12,14H,3-5,7-8H2,1-2H3. The summed E-state index contributed by atoms with van der Waals surface area (Å²) in [4.78, 5) is 4.79. The summed E-state index contributed by atoms with van der Waals surface area (Å²) in [5, 5.41) is -0.0555. The second kappa shape index (κ2) is 6.29. The number of nitrogens with zero attached hydrogens (tertiary/aromatic N) is 2. The van der Waals surface area contributed by atoms with Crippen molar-refractivity contribution < 1.29 is 0 Å². The number of alkyl halides is 1. The summed E-state index contributed by atoms with van der Waals surface area (Å²) in [6.07, 6.45) is 6.46. The highest BCUT2D eigenvalue weighted by atomic mass is 79.9. The van der Waals surface area contributed by atoms with Crippen molar-refractivity contribution >= 4 is 38.6 Å². The Bertz CT molecular complexity index is 627. The van der Waals surface area contributed by atoms with Crippen molar-refractivity contribution in [3.8, 4) is 0 Å². The SMILES string of the molecule is CCC1CCC(n2c(C(C)Cl)nc3cc(Br)ccc32)CC1. The summed E-state index contributed by atoms with van der Waals surface area (Å²) >= 11 is 9.93. The van der Waals surface area contributed by atoms with Crippen LogP contribution in [0.15, 0.2) is 22.7 Å². The van der Waals surface area contributed by atoms with Gasteiger partial charge in [-0.3, -0.25) is 0 Å². The van der Waals surface area contributed by atoms with Crippen LogP contribution in [0.5, 0.6) is 0 Å². The third-order valence-corrected chi connectivity index (χ3v) is 5.48. The Hall–Kier alpha value is -0.540. The van der Waals surface area contributed by atoms with Gasteiger partial charge in [-0.1, -0.05) is 29.3 Å². The number of benzene rings is 1. The molecule has 1 unspecified atom stereocenters. The Kier molecular flexibility index (Phi) is 4.60. The second-order valence-electron chi connectivity index (χ2n) is 6.17. The van der Waals surface area contributed by atoms with E-state index in [-0.39, 0.29) is 5.38 Å². The normalized spacial score (nSPS) is 24.4. The highest BCUT2D eigenvalue weighted by Gasteiger charge is 2.26. The Morgan fingerprint density at radius 1 is 1.33 bits per heavy atom. The zero-order chi connectivity index (χ0) is 15.0. The highest BCUT2D eigenvalue weighted by Crippen LogP contribution is 2.38. The van der Waals surface area contributed by atoms with Crippen molar-refractivity contribution in [3.63, 3.8) is 0 Å². The third-order valence-electron chi connectivity index (χ3n) is 4.79. The van der Waals surface area contributed by atoms with Crippen LogP contribution in [0.4, 0.5) is 0 Å². The van der Waals surface area contributed by atoms with Gasteiger partial charge < -0.3 is 4.57 Å². The van der Waals surface area contributed by atoms with E-state index >= 15 is 0 Å². The Balaban J connectivity index is 2.02. The Morgan fingerprint density at radius 3 is 2.67 bits per heavy atom. The molecular formula is C17H22BrClN2. The molecule has 21 heavy (non-hydrogen) atoms. The second-order valence-corrected chi connectivity index (χ2v) is 7.74. The zero-order valence-electron chi connectivity index (χ0n) is 12.6. The van der Waals surface area contributed by atoms with Gasteiger partial charge in [-0.25, -0.2) is 4.98 Å². The average Bonchev–Trinajstić information content (AvgIpc) is 2.86. The van der Waals surface area contributed by atoms with Crippen molar-refractivity contribution in [3.05, 3.63) is 28.5 Å². The first kappa shape index (κ1) is 15.4. The predicted molar refractivity (Wildman–Crippen MR) is 93.0 cm³/mol. The van der Waals surface area contributed by atoms with Crippen molar-refractivity contribution in [2.24, 2.45) is 5.92 Å². The van der Waals surface area contributed by atoms with E-state index in [1.54, 1.807) is 0 Å². The van der Waals surface area contributed by atoms with Gasteiger partial charge in [0.2, 0.25) is 0 Å². The van der Waals surface area contributed by atoms with Gasteiger partial charge in [-0.2, -0.15) is 0 Å². The number of hydrogen-bond acceptors (Lipinski definition) is 1. The molecule has 1 aliphatic carbocycles. The lowest BCUT2D eigenvalue weighted by Gasteiger charge is -2.30.